The molecule has 2 nitrogen and oxygen atoms in total. The van der Waals surface area contributed by atoms with E-state index < -0.39 is 0 Å². The van der Waals surface area contributed by atoms with E-state index in [1.54, 1.807) is 0 Å². The number of aryl methyl sites for hydroxylation is 1. The summed E-state index contributed by atoms with van der Waals surface area (Å²) in [6, 6.07) is 27.1. The van der Waals surface area contributed by atoms with Crippen molar-refractivity contribution in [1.29, 1.82) is 0 Å². The molecule has 0 spiro atoms. The van der Waals surface area contributed by atoms with Crippen molar-refractivity contribution < 1.29 is 4.74 Å². The fourth-order valence-electron chi connectivity index (χ4n) is 2.40. The second-order valence-electron chi connectivity index (χ2n) is 5.21. The topological polar surface area (TPSA) is 26.1 Å². The summed E-state index contributed by atoms with van der Waals surface area (Å²) in [5, 5.41) is 12.9. The second-order valence-corrected chi connectivity index (χ2v) is 5.21. The van der Waals surface area contributed by atoms with Crippen molar-refractivity contribution in [2.75, 3.05) is 0 Å². The number of nitrogens with zero attached hydrogens (tertiary/aromatic N) is 1. The highest BCUT2D eigenvalue weighted by Gasteiger charge is 2.17. The van der Waals surface area contributed by atoms with E-state index >= 15 is 0 Å². The Bertz CT molecular complexity index is 733. The van der Waals surface area contributed by atoms with Crippen LogP contribution >= 0.6 is 0 Å². The van der Waals surface area contributed by atoms with Crippen LogP contribution in [-0.2, 0) is 0 Å². The van der Waals surface area contributed by atoms with Gasteiger partial charge in [0.15, 0.2) is 0 Å². The van der Waals surface area contributed by atoms with Crippen LogP contribution in [0.1, 0.15) is 16.7 Å². The summed E-state index contributed by atoms with van der Waals surface area (Å²) < 4.78 is 1.00. The smallest absolute Gasteiger partial charge is 0.231 e. The molecule has 3 aromatic rings. The van der Waals surface area contributed by atoms with E-state index in [2.05, 4.69) is 0 Å². The monoisotopic (exact) mass is 287 g/mol. The van der Waals surface area contributed by atoms with Crippen LogP contribution in [0.2, 0.25) is 0 Å². The van der Waals surface area contributed by atoms with Crippen molar-refractivity contribution >= 4 is 11.4 Å². The maximum Gasteiger partial charge on any atom is 0.231 e. The van der Waals surface area contributed by atoms with Crippen LogP contribution in [0.4, 0.5) is 5.69 Å². The molecule has 0 radical (unpaired) electrons. The lowest BCUT2D eigenvalue weighted by Gasteiger charge is -2.11. The predicted octanol–water partition coefficient (Wildman–Crippen LogP) is 4.67. The van der Waals surface area contributed by atoms with Gasteiger partial charge in [-0.15, -0.1) is 0 Å². The van der Waals surface area contributed by atoms with Crippen LogP contribution in [0.5, 0.6) is 0 Å². The Kier molecular flexibility index (Phi) is 4.01. The molecule has 3 rings (SSSR count). The molecule has 3 aromatic carbocycles. The molecular weight excluding hydrogens is 270 g/mol. The molecule has 0 unspecified atom stereocenters. The Balaban J connectivity index is 2.21. The summed E-state index contributed by atoms with van der Waals surface area (Å²) in [6.07, 6.45) is 0. The Labute approximate surface area is 130 Å². The van der Waals surface area contributed by atoms with Gasteiger partial charge in [0.25, 0.3) is 0 Å². The minimum absolute atomic E-state index is 0.633. The van der Waals surface area contributed by atoms with Crippen LogP contribution in [-0.4, -0.2) is 10.5 Å². The third-order valence-electron chi connectivity index (χ3n) is 3.57. The number of hydrogen-bond acceptors (Lipinski definition) is 1. The van der Waals surface area contributed by atoms with Gasteiger partial charge in [-0.1, -0.05) is 54.1 Å². The first-order chi connectivity index (χ1) is 10.8. The van der Waals surface area contributed by atoms with Crippen molar-refractivity contribution in [3.63, 3.8) is 0 Å². The minimum Gasteiger partial charge on any atom is -0.618 e. The Hall–Kier alpha value is -2.87. The van der Waals surface area contributed by atoms with Gasteiger partial charge in [0.05, 0.1) is 0 Å². The highest BCUT2D eigenvalue weighted by molar-refractivity contribution is 6.10. The molecule has 0 fully saturated rings. The lowest BCUT2D eigenvalue weighted by Crippen LogP contribution is -2.15. The third-order valence-corrected chi connectivity index (χ3v) is 3.57. The number of hydrogen-bond donors (Lipinski definition) is 0. The Morgan fingerprint density at radius 1 is 0.682 bits per heavy atom. The van der Waals surface area contributed by atoms with E-state index in [1.165, 1.54) is 0 Å². The molecule has 0 saturated carbocycles. The number of benzene rings is 3. The molecule has 2 heteroatoms. The van der Waals surface area contributed by atoms with Crippen molar-refractivity contribution in [3.8, 4) is 0 Å². The third kappa shape index (κ3) is 2.91. The summed E-state index contributed by atoms with van der Waals surface area (Å²) >= 11 is 0. The van der Waals surface area contributed by atoms with Crippen LogP contribution in [0.3, 0.4) is 0 Å². The first kappa shape index (κ1) is 14.1. The highest BCUT2D eigenvalue weighted by atomic mass is 16.5. The molecule has 0 saturated heterocycles. The summed E-state index contributed by atoms with van der Waals surface area (Å²) in [6.45, 7) is 2.01. The van der Waals surface area contributed by atoms with Gasteiger partial charge in [-0.2, -0.15) is 4.74 Å². The largest absolute Gasteiger partial charge is 0.618 e. The molecule has 0 N–H and O–H groups in total. The SMILES string of the molecule is Cc1ccc([N+]([O-])=C(c2ccccc2)c2ccccc2)cc1. The van der Waals surface area contributed by atoms with Gasteiger partial charge in [0, 0.05) is 23.3 Å². The van der Waals surface area contributed by atoms with Crippen LogP contribution < -0.4 is 0 Å². The molecule has 0 heterocycles. The van der Waals surface area contributed by atoms with E-state index in [0.29, 0.717) is 11.4 Å². The van der Waals surface area contributed by atoms with Crippen LogP contribution in [0.15, 0.2) is 84.9 Å². The molecule has 0 aliphatic heterocycles. The summed E-state index contributed by atoms with van der Waals surface area (Å²) in [5.41, 5.74) is 4.24. The molecule has 0 amide bonds. The van der Waals surface area contributed by atoms with Crippen molar-refractivity contribution in [2.24, 2.45) is 0 Å². The molecule has 0 aliphatic carbocycles. The fraction of sp³-hybridized carbons (Fsp3) is 0.0500. The van der Waals surface area contributed by atoms with E-state index in [0.717, 1.165) is 21.4 Å². The molecule has 0 aliphatic rings. The molecule has 0 bridgehead atoms. The Morgan fingerprint density at radius 3 is 1.59 bits per heavy atom. The van der Waals surface area contributed by atoms with Gasteiger partial charge < -0.3 is 5.21 Å². The normalized spacial score (nSPS) is 10.2. The average molecular weight is 287 g/mol. The van der Waals surface area contributed by atoms with Crippen molar-refractivity contribution in [3.05, 3.63) is 107 Å². The van der Waals surface area contributed by atoms with E-state index in [9.17, 15) is 5.21 Å². The zero-order valence-electron chi connectivity index (χ0n) is 12.4. The highest BCUT2D eigenvalue weighted by Crippen LogP contribution is 2.18. The summed E-state index contributed by atoms with van der Waals surface area (Å²) in [4.78, 5) is 0. The van der Waals surface area contributed by atoms with Crippen molar-refractivity contribution in [2.45, 2.75) is 6.92 Å². The van der Waals surface area contributed by atoms with Gasteiger partial charge in [0.2, 0.25) is 11.4 Å². The lowest BCUT2D eigenvalue weighted by atomic mass is 10.0. The van der Waals surface area contributed by atoms with Crippen molar-refractivity contribution in [1.82, 2.24) is 0 Å². The van der Waals surface area contributed by atoms with Crippen LogP contribution in [0.25, 0.3) is 0 Å². The predicted molar refractivity (Wildman–Crippen MR) is 90.6 cm³/mol. The summed E-state index contributed by atoms with van der Waals surface area (Å²) in [5.74, 6) is 0. The lowest BCUT2D eigenvalue weighted by molar-refractivity contribution is -0.359. The molecule has 22 heavy (non-hydrogen) atoms. The molecule has 108 valence electrons. The molecule has 0 atom stereocenters. The van der Waals surface area contributed by atoms with Gasteiger partial charge in [-0.3, -0.25) is 0 Å². The molecular formula is C20H17NO. The first-order valence-electron chi connectivity index (χ1n) is 7.27. The maximum absolute atomic E-state index is 12.9. The van der Waals surface area contributed by atoms with E-state index in [4.69, 9.17) is 0 Å². The van der Waals surface area contributed by atoms with Gasteiger partial charge in [-0.25, -0.2) is 0 Å². The minimum atomic E-state index is 0.633. The quantitative estimate of drug-likeness (QED) is 0.297. The fourth-order valence-corrected chi connectivity index (χ4v) is 2.40. The number of rotatable bonds is 3. The Morgan fingerprint density at radius 2 is 1.14 bits per heavy atom. The zero-order valence-corrected chi connectivity index (χ0v) is 12.4. The van der Waals surface area contributed by atoms with E-state index in [1.807, 2.05) is 91.9 Å². The second kappa shape index (κ2) is 6.27. The first-order valence-corrected chi connectivity index (χ1v) is 7.27. The summed E-state index contributed by atoms with van der Waals surface area (Å²) in [7, 11) is 0. The van der Waals surface area contributed by atoms with Gasteiger partial charge in [-0.05, 0) is 31.2 Å². The van der Waals surface area contributed by atoms with E-state index in [-0.39, 0.29) is 0 Å². The van der Waals surface area contributed by atoms with Gasteiger partial charge in [0.1, 0.15) is 0 Å². The molecule has 0 aromatic heterocycles. The van der Waals surface area contributed by atoms with Crippen LogP contribution in [0, 0.1) is 12.1 Å². The standard InChI is InChI=1S/C20H17NO/c1-16-12-14-19(15-13-16)21(22)20(17-8-4-2-5-9-17)18-10-6-3-7-11-18/h2-15H,1H3. The maximum atomic E-state index is 12.9. The zero-order chi connectivity index (χ0) is 15.4. The average Bonchev–Trinajstić information content (AvgIpc) is 2.57. The van der Waals surface area contributed by atoms with Gasteiger partial charge >= 0.3 is 0 Å².